The maximum Gasteiger partial charge on any atom is 0.229 e. The Labute approximate surface area is 196 Å². The first-order valence-electron chi connectivity index (χ1n) is 10.5. The Balaban J connectivity index is 0.00000259. The number of fused-ring (bicyclic) bond motifs is 2. The first kappa shape index (κ1) is 22.7. The van der Waals surface area contributed by atoms with Crippen LogP contribution in [-0.4, -0.2) is 30.3 Å². The van der Waals surface area contributed by atoms with Crippen LogP contribution in [0, 0.1) is 5.82 Å². The van der Waals surface area contributed by atoms with Crippen LogP contribution in [-0.2, 0) is 6.42 Å². The quantitative estimate of drug-likeness (QED) is 0.388. The summed E-state index contributed by atoms with van der Waals surface area (Å²) < 4.78 is 33.2. The fraction of sp³-hybridized carbons (Fsp3) is 0.200. The van der Waals surface area contributed by atoms with Gasteiger partial charge in [-0.1, -0.05) is 30.3 Å². The fourth-order valence-electron chi connectivity index (χ4n) is 4.28. The Hall–Kier alpha value is -3.45. The lowest BCUT2D eigenvalue weighted by Crippen LogP contribution is -2.37. The predicted octanol–water partition coefficient (Wildman–Crippen LogP) is 6.02. The molecule has 1 N–H and O–H groups in total. The summed E-state index contributed by atoms with van der Waals surface area (Å²) in [6.07, 6.45) is 0.795. The second-order valence-electron chi connectivity index (χ2n) is 7.67. The van der Waals surface area contributed by atoms with Crippen molar-refractivity contribution in [1.29, 1.82) is 0 Å². The van der Waals surface area contributed by atoms with Crippen LogP contribution < -0.4 is 15.0 Å². The van der Waals surface area contributed by atoms with E-state index < -0.39 is 12.7 Å². The monoisotopic (exact) mass is 468 g/mol. The van der Waals surface area contributed by atoms with Gasteiger partial charge in [-0.2, -0.15) is 4.98 Å². The topological polar surface area (TPSA) is 50.3 Å². The van der Waals surface area contributed by atoms with E-state index in [9.17, 15) is 8.78 Å². The van der Waals surface area contributed by atoms with Gasteiger partial charge in [0.1, 0.15) is 29.6 Å². The fourth-order valence-corrected chi connectivity index (χ4v) is 4.28. The van der Waals surface area contributed by atoms with E-state index in [1.807, 2.05) is 41.3 Å². The maximum atomic E-state index is 14.4. The zero-order chi connectivity index (χ0) is 22.1. The molecule has 0 saturated carbocycles. The third kappa shape index (κ3) is 4.28. The third-order valence-corrected chi connectivity index (χ3v) is 5.82. The average molecular weight is 469 g/mol. The number of alkyl halides is 1. The Morgan fingerprint density at radius 2 is 1.82 bits per heavy atom. The van der Waals surface area contributed by atoms with Crippen LogP contribution in [0.2, 0.25) is 0 Å². The molecule has 3 aromatic carbocycles. The second-order valence-corrected chi connectivity index (χ2v) is 7.67. The number of halogens is 3. The summed E-state index contributed by atoms with van der Waals surface area (Å²) in [5.74, 6) is 1.24. The summed E-state index contributed by atoms with van der Waals surface area (Å²) in [6, 6.07) is 19.1. The minimum atomic E-state index is -0.535. The van der Waals surface area contributed by atoms with Gasteiger partial charge in [-0.25, -0.2) is 13.8 Å². The Morgan fingerprint density at radius 3 is 2.58 bits per heavy atom. The number of para-hydroxylation sites is 1. The number of anilines is 3. The Bertz CT molecular complexity index is 1270. The third-order valence-electron chi connectivity index (χ3n) is 5.82. The molecule has 1 atom stereocenters. The molecule has 170 valence electrons. The van der Waals surface area contributed by atoms with Gasteiger partial charge in [0.2, 0.25) is 5.95 Å². The minimum Gasteiger partial charge on any atom is -0.494 e. The van der Waals surface area contributed by atoms with E-state index in [4.69, 9.17) is 9.72 Å². The van der Waals surface area contributed by atoms with Crippen molar-refractivity contribution in [2.45, 2.75) is 12.5 Å². The van der Waals surface area contributed by atoms with E-state index in [-0.39, 0.29) is 18.2 Å². The van der Waals surface area contributed by atoms with Gasteiger partial charge in [-0.15, -0.1) is 12.4 Å². The second kappa shape index (κ2) is 9.58. The van der Waals surface area contributed by atoms with Crippen molar-refractivity contribution < 1.29 is 13.5 Å². The van der Waals surface area contributed by atoms with E-state index in [0.717, 1.165) is 22.9 Å². The van der Waals surface area contributed by atoms with Crippen LogP contribution in [0.15, 0.2) is 66.7 Å². The SMILES string of the molecule is COc1cccc2c(N3CCc4ccccc4C3CF)nc(Nc3ccc(F)cc3)nc12.Cl. The van der Waals surface area contributed by atoms with Crippen molar-refractivity contribution in [3.8, 4) is 5.75 Å². The molecule has 0 fully saturated rings. The van der Waals surface area contributed by atoms with E-state index in [0.29, 0.717) is 35.3 Å². The smallest absolute Gasteiger partial charge is 0.229 e. The van der Waals surface area contributed by atoms with Crippen molar-refractivity contribution in [2.24, 2.45) is 0 Å². The van der Waals surface area contributed by atoms with Gasteiger partial charge in [-0.3, -0.25) is 0 Å². The van der Waals surface area contributed by atoms with Gasteiger partial charge < -0.3 is 15.0 Å². The van der Waals surface area contributed by atoms with Gasteiger partial charge >= 0.3 is 0 Å². The molecule has 0 saturated heterocycles. The predicted molar refractivity (Wildman–Crippen MR) is 129 cm³/mol. The van der Waals surface area contributed by atoms with E-state index in [1.165, 1.54) is 12.1 Å². The molecule has 0 aliphatic carbocycles. The molecule has 0 radical (unpaired) electrons. The molecule has 1 aliphatic rings. The largest absolute Gasteiger partial charge is 0.494 e. The van der Waals surface area contributed by atoms with Gasteiger partial charge in [0.15, 0.2) is 0 Å². The highest BCUT2D eigenvalue weighted by molar-refractivity contribution is 5.95. The lowest BCUT2D eigenvalue weighted by Gasteiger charge is -2.37. The molecule has 5 nitrogen and oxygen atoms in total. The van der Waals surface area contributed by atoms with E-state index in [2.05, 4.69) is 16.4 Å². The van der Waals surface area contributed by atoms with Gasteiger partial charge in [0.25, 0.3) is 0 Å². The number of aromatic nitrogens is 2. The Morgan fingerprint density at radius 1 is 1.03 bits per heavy atom. The summed E-state index contributed by atoms with van der Waals surface area (Å²) >= 11 is 0. The average Bonchev–Trinajstić information content (AvgIpc) is 2.84. The molecule has 0 spiro atoms. The number of nitrogens with zero attached hydrogens (tertiary/aromatic N) is 3. The number of nitrogens with one attached hydrogen (secondary N) is 1. The van der Waals surface area contributed by atoms with Crippen molar-refractivity contribution in [3.05, 3.63) is 83.7 Å². The van der Waals surface area contributed by atoms with Crippen molar-refractivity contribution in [2.75, 3.05) is 30.5 Å². The molecule has 1 aliphatic heterocycles. The molecule has 8 heteroatoms. The van der Waals surface area contributed by atoms with Gasteiger partial charge in [0, 0.05) is 17.6 Å². The summed E-state index contributed by atoms with van der Waals surface area (Å²) in [7, 11) is 1.59. The lowest BCUT2D eigenvalue weighted by atomic mass is 9.93. The van der Waals surface area contributed by atoms with Crippen LogP contribution in [0.25, 0.3) is 10.9 Å². The number of hydrogen-bond donors (Lipinski definition) is 1. The van der Waals surface area contributed by atoms with Gasteiger partial charge in [-0.05, 0) is 53.9 Å². The van der Waals surface area contributed by atoms with Crippen LogP contribution in [0.4, 0.5) is 26.2 Å². The van der Waals surface area contributed by atoms with Crippen LogP contribution in [0.1, 0.15) is 17.2 Å². The van der Waals surface area contributed by atoms with Crippen molar-refractivity contribution in [3.63, 3.8) is 0 Å². The summed E-state index contributed by atoms with van der Waals surface area (Å²) in [5, 5.41) is 3.93. The zero-order valence-electron chi connectivity index (χ0n) is 18.0. The number of methoxy groups -OCH3 is 1. The highest BCUT2D eigenvalue weighted by Crippen LogP contribution is 2.38. The molecule has 33 heavy (non-hydrogen) atoms. The summed E-state index contributed by atoms with van der Waals surface area (Å²) in [6.45, 7) is 0.0954. The molecule has 1 aromatic heterocycles. The lowest BCUT2D eigenvalue weighted by molar-refractivity contribution is 0.405. The van der Waals surface area contributed by atoms with Crippen molar-refractivity contribution in [1.82, 2.24) is 9.97 Å². The molecule has 0 amide bonds. The maximum absolute atomic E-state index is 14.4. The molecule has 4 aromatic rings. The number of benzene rings is 3. The normalized spacial score (nSPS) is 15.0. The Kier molecular flexibility index (Phi) is 6.60. The molecule has 5 rings (SSSR count). The standard InChI is InChI=1S/C25H22F2N4O.ClH/c1-32-22-8-4-7-20-23(22)29-25(28-18-11-9-17(27)10-12-18)30-24(20)31-14-13-16-5-2-3-6-19(16)21(31)15-26;/h2-12,21H,13-15H2,1H3,(H,28,29,30);1H. The number of hydrogen-bond acceptors (Lipinski definition) is 5. The number of rotatable bonds is 5. The van der Waals surface area contributed by atoms with Crippen molar-refractivity contribution >= 4 is 40.8 Å². The zero-order valence-corrected chi connectivity index (χ0v) is 18.8. The first-order chi connectivity index (χ1) is 15.7. The van der Waals surface area contributed by atoms with Crippen LogP contribution >= 0.6 is 12.4 Å². The highest BCUT2D eigenvalue weighted by atomic mass is 35.5. The van der Waals surface area contributed by atoms with E-state index in [1.54, 1.807) is 19.2 Å². The highest BCUT2D eigenvalue weighted by Gasteiger charge is 2.30. The number of ether oxygens (including phenoxy) is 1. The summed E-state index contributed by atoms with van der Waals surface area (Å²) in [5.41, 5.74) is 3.41. The molecule has 2 heterocycles. The first-order valence-corrected chi connectivity index (χ1v) is 10.5. The molecule has 0 bridgehead atoms. The van der Waals surface area contributed by atoms with Gasteiger partial charge in [0.05, 0.1) is 13.2 Å². The van der Waals surface area contributed by atoms with Crippen LogP contribution in [0.5, 0.6) is 5.75 Å². The van der Waals surface area contributed by atoms with E-state index >= 15 is 0 Å². The minimum absolute atomic E-state index is 0. The van der Waals surface area contributed by atoms with Crippen LogP contribution in [0.3, 0.4) is 0 Å². The molecular formula is C25H23ClF2N4O. The molecular weight excluding hydrogens is 446 g/mol. The summed E-state index contributed by atoms with van der Waals surface area (Å²) in [4.78, 5) is 11.4. The molecule has 1 unspecified atom stereocenters.